The monoisotopic (exact) mass is 292 g/mol. The summed E-state index contributed by atoms with van der Waals surface area (Å²) >= 11 is 0. The Hall–Kier alpha value is -2.05. The van der Waals surface area contributed by atoms with Crippen LogP contribution in [0.15, 0.2) is 47.4 Å². The predicted molar refractivity (Wildman–Crippen MR) is 78.9 cm³/mol. The van der Waals surface area contributed by atoms with Crippen LogP contribution in [0.2, 0.25) is 0 Å². The lowest BCUT2D eigenvalue weighted by atomic mass is 10.0. The van der Waals surface area contributed by atoms with Gasteiger partial charge in [0.2, 0.25) is 0 Å². The number of benzene rings is 2. The molecule has 5 nitrogen and oxygen atoms in total. The van der Waals surface area contributed by atoms with Crippen molar-refractivity contribution < 1.29 is 13.0 Å². The summed E-state index contributed by atoms with van der Waals surface area (Å²) in [5, 5.41) is 0. The van der Waals surface area contributed by atoms with Crippen LogP contribution in [0.5, 0.6) is 0 Å². The lowest BCUT2D eigenvalue weighted by Crippen LogP contribution is -2.05. The maximum Gasteiger partial charge on any atom is 0.294 e. The van der Waals surface area contributed by atoms with Crippen LogP contribution in [0.1, 0.15) is 11.1 Å². The van der Waals surface area contributed by atoms with Crippen LogP contribution in [0.25, 0.3) is 0 Å². The minimum Gasteiger partial charge on any atom is -0.399 e. The number of anilines is 2. The van der Waals surface area contributed by atoms with Gasteiger partial charge >= 0.3 is 0 Å². The molecule has 0 spiro atoms. The van der Waals surface area contributed by atoms with Crippen LogP contribution >= 0.6 is 0 Å². The number of hydrogen-bond donors (Lipinski definition) is 3. The van der Waals surface area contributed by atoms with Crippen LogP contribution in [0, 0.1) is 0 Å². The van der Waals surface area contributed by atoms with E-state index in [2.05, 4.69) is 0 Å². The molecule has 0 aliphatic carbocycles. The first kappa shape index (κ1) is 14.4. The average Bonchev–Trinajstić information content (AvgIpc) is 2.38. The van der Waals surface area contributed by atoms with Gasteiger partial charge in [-0.05, 0) is 48.2 Å². The Balaban J connectivity index is 2.23. The molecule has 0 unspecified atom stereocenters. The van der Waals surface area contributed by atoms with Gasteiger partial charge in [-0.2, -0.15) is 8.42 Å². The van der Waals surface area contributed by atoms with E-state index < -0.39 is 10.1 Å². The third-order valence-electron chi connectivity index (χ3n) is 3.03. The van der Waals surface area contributed by atoms with Gasteiger partial charge in [0.15, 0.2) is 0 Å². The van der Waals surface area contributed by atoms with E-state index in [-0.39, 0.29) is 4.90 Å². The predicted octanol–water partition coefficient (Wildman–Crippen LogP) is 1.88. The minimum atomic E-state index is -4.27. The van der Waals surface area contributed by atoms with Gasteiger partial charge < -0.3 is 11.5 Å². The zero-order valence-corrected chi connectivity index (χ0v) is 11.6. The molecule has 0 fully saturated rings. The van der Waals surface area contributed by atoms with Gasteiger partial charge in [-0.25, -0.2) is 0 Å². The van der Waals surface area contributed by atoms with Crippen LogP contribution < -0.4 is 11.5 Å². The van der Waals surface area contributed by atoms with Crippen molar-refractivity contribution in [1.29, 1.82) is 0 Å². The first-order chi connectivity index (χ1) is 9.36. The molecule has 0 atom stereocenters. The molecule has 20 heavy (non-hydrogen) atoms. The van der Waals surface area contributed by atoms with Crippen molar-refractivity contribution in [2.75, 3.05) is 11.5 Å². The molecule has 5 N–H and O–H groups in total. The Labute approximate surface area is 118 Å². The van der Waals surface area contributed by atoms with Crippen molar-refractivity contribution in [3.63, 3.8) is 0 Å². The standard InChI is InChI=1S/C14H16N2O3S/c15-12-6-2-10(3-7-12)1-4-11-5-8-13(16)9-14(11)20(17,18)19/h2-3,5-9H,1,4,15-16H2,(H,17,18,19). The molecule has 0 saturated heterocycles. The van der Waals surface area contributed by atoms with Gasteiger partial charge in [0.05, 0.1) is 4.90 Å². The molecule has 6 heteroatoms. The molecule has 0 bridgehead atoms. The van der Waals surface area contributed by atoms with Crippen LogP contribution in [-0.2, 0) is 23.0 Å². The topological polar surface area (TPSA) is 106 Å². The highest BCUT2D eigenvalue weighted by molar-refractivity contribution is 7.85. The van der Waals surface area contributed by atoms with Crippen molar-refractivity contribution in [2.24, 2.45) is 0 Å². The minimum absolute atomic E-state index is 0.132. The van der Waals surface area contributed by atoms with Crippen molar-refractivity contribution in [3.8, 4) is 0 Å². The van der Waals surface area contributed by atoms with E-state index in [1.54, 1.807) is 24.3 Å². The Bertz CT molecular complexity index is 710. The van der Waals surface area contributed by atoms with Crippen molar-refractivity contribution in [2.45, 2.75) is 17.7 Å². The average molecular weight is 292 g/mol. The molecule has 0 aromatic heterocycles. The molecule has 2 rings (SSSR count). The Kier molecular flexibility index (Phi) is 3.96. The first-order valence-electron chi connectivity index (χ1n) is 6.06. The molecule has 2 aromatic carbocycles. The molecule has 0 aliphatic heterocycles. The van der Waals surface area contributed by atoms with E-state index in [4.69, 9.17) is 11.5 Å². The fourth-order valence-electron chi connectivity index (χ4n) is 1.98. The summed E-state index contributed by atoms with van der Waals surface area (Å²) < 4.78 is 31.9. The van der Waals surface area contributed by atoms with Crippen LogP contribution in [0.3, 0.4) is 0 Å². The molecule has 0 amide bonds. The molecule has 2 aromatic rings. The lowest BCUT2D eigenvalue weighted by molar-refractivity contribution is 0.482. The number of hydrogen-bond acceptors (Lipinski definition) is 4. The quantitative estimate of drug-likeness (QED) is 0.589. The maximum atomic E-state index is 11.3. The molecule has 0 heterocycles. The van der Waals surface area contributed by atoms with Crippen molar-refractivity contribution >= 4 is 21.5 Å². The van der Waals surface area contributed by atoms with Gasteiger partial charge in [0, 0.05) is 11.4 Å². The zero-order valence-electron chi connectivity index (χ0n) is 10.8. The van der Waals surface area contributed by atoms with E-state index in [0.717, 1.165) is 5.56 Å². The third-order valence-corrected chi connectivity index (χ3v) is 3.97. The van der Waals surface area contributed by atoms with E-state index in [0.29, 0.717) is 29.8 Å². The van der Waals surface area contributed by atoms with Gasteiger partial charge in [0.1, 0.15) is 0 Å². The summed E-state index contributed by atoms with van der Waals surface area (Å²) in [6.45, 7) is 0. The molecule has 0 saturated carbocycles. The summed E-state index contributed by atoms with van der Waals surface area (Å²) in [4.78, 5) is -0.132. The fraction of sp³-hybridized carbons (Fsp3) is 0.143. The number of rotatable bonds is 4. The normalized spacial score (nSPS) is 11.4. The summed E-state index contributed by atoms with van der Waals surface area (Å²) in [7, 11) is -4.27. The van der Waals surface area contributed by atoms with E-state index in [9.17, 15) is 13.0 Å². The third kappa shape index (κ3) is 3.49. The van der Waals surface area contributed by atoms with Gasteiger partial charge in [-0.15, -0.1) is 0 Å². The number of nitrogen functional groups attached to an aromatic ring is 2. The lowest BCUT2D eigenvalue weighted by Gasteiger charge is -2.08. The Morgan fingerprint density at radius 3 is 2.10 bits per heavy atom. The number of aryl methyl sites for hydroxylation is 2. The van der Waals surface area contributed by atoms with E-state index in [1.165, 1.54) is 6.07 Å². The Morgan fingerprint density at radius 1 is 0.900 bits per heavy atom. The van der Waals surface area contributed by atoms with E-state index >= 15 is 0 Å². The second-order valence-corrected chi connectivity index (χ2v) is 5.97. The second-order valence-electron chi connectivity index (χ2n) is 4.58. The van der Waals surface area contributed by atoms with Gasteiger partial charge in [0.25, 0.3) is 10.1 Å². The largest absolute Gasteiger partial charge is 0.399 e. The molecule has 0 aliphatic rings. The zero-order chi connectivity index (χ0) is 14.8. The smallest absolute Gasteiger partial charge is 0.294 e. The van der Waals surface area contributed by atoms with Gasteiger partial charge in [-0.1, -0.05) is 18.2 Å². The van der Waals surface area contributed by atoms with Crippen molar-refractivity contribution in [1.82, 2.24) is 0 Å². The van der Waals surface area contributed by atoms with Crippen LogP contribution in [-0.4, -0.2) is 13.0 Å². The Morgan fingerprint density at radius 2 is 1.50 bits per heavy atom. The molecular formula is C14H16N2O3S. The highest BCUT2D eigenvalue weighted by Crippen LogP contribution is 2.21. The summed E-state index contributed by atoms with van der Waals surface area (Å²) in [6.07, 6.45) is 1.13. The van der Waals surface area contributed by atoms with Crippen molar-refractivity contribution in [3.05, 3.63) is 53.6 Å². The molecule has 0 radical (unpaired) electrons. The van der Waals surface area contributed by atoms with Crippen LogP contribution in [0.4, 0.5) is 11.4 Å². The fourth-order valence-corrected chi connectivity index (χ4v) is 2.77. The SMILES string of the molecule is Nc1ccc(CCc2ccc(N)cc2S(=O)(=O)O)cc1. The maximum absolute atomic E-state index is 11.3. The highest BCUT2D eigenvalue weighted by Gasteiger charge is 2.15. The highest BCUT2D eigenvalue weighted by atomic mass is 32.2. The first-order valence-corrected chi connectivity index (χ1v) is 7.50. The summed E-state index contributed by atoms with van der Waals surface area (Å²) in [5.74, 6) is 0. The second kappa shape index (κ2) is 5.52. The summed E-state index contributed by atoms with van der Waals surface area (Å²) in [5.41, 5.74) is 13.7. The summed E-state index contributed by atoms with van der Waals surface area (Å²) in [6, 6.07) is 11.9. The molecular weight excluding hydrogens is 276 g/mol. The van der Waals surface area contributed by atoms with E-state index in [1.807, 2.05) is 12.1 Å². The molecule has 106 valence electrons. The van der Waals surface area contributed by atoms with Gasteiger partial charge in [-0.3, -0.25) is 4.55 Å². The number of nitrogens with two attached hydrogens (primary N) is 2.